The van der Waals surface area contributed by atoms with Gasteiger partial charge in [-0.05, 0) is 50.2 Å². The summed E-state index contributed by atoms with van der Waals surface area (Å²) in [7, 11) is 0. The Morgan fingerprint density at radius 2 is 1.92 bits per heavy atom. The van der Waals surface area contributed by atoms with Crippen LogP contribution in [0.4, 0.5) is 4.39 Å². The van der Waals surface area contributed by atoms with Crippen molar-refractivity contribution < 1.29 is 9.13 Å². The fourth-order valence-electron chi connectivity index (χ4n) is 2.43. The van der Waals surface area contributed by atoms with Crippen molar-refractivity contribution in [3.63, 3.8) is 0 Å². The Labute approximate surface area is 155 Å². The van der Waals surface area contributed by atoms with E-state index in [0.29, 0.717) is 23.3 Å². The highest BCUT2D eigenvalue weighted by Gasteiger charge is 2.20. The van der Waals surface area contributed by atoms with Crippen molar-refractivity contribution in [2.45, 2.75) is 24.3 Å². The van der Waals surface area contributed by atoms with E-state index in [1.807, 2.05) is 31.2 Å². The Kier molecular flexibility index (Phi) is 5.54. The molecule has 1 aromatic heterocycles. The van der Waals surface area contributed by atoms with Crippen LogP contribution < -0.4 is 4.74 Å². The first-order chi connectivity index (χ1) is 12.6. The number of halogens is 1. The van der Waals surface area contributed by atoms with E-state index < -0.39 is 0 Å². The van der Waals surface area contributed by atoms with Gasteiger partial charge in [-0.1, -0.05) is 23.9 Å². The summed E-state index contributed by atoms with van der Waals surface area (Å²) >= 11 is 1.24. The molecule has 0 aliphatic heterocycles. The highest BCUT2D eigenvalue weighted by atomic mass is 32.2. The van der Waals surface area contributed by atoms with Gasteiger partial charge in [-0.3, -0.25) is 4.57 Å². The van der Waals surface area contributed by atoms with E-state index in [1.165, 1.54) is 17.8 Å². The van der Waals surface area contributed by atoms with Crippen LogP contribution in [-0.2, 0) is 0 Å². The summed E-state index contributed by atoms with van der Waals surface area (Å²) in [5, 5.41) is 17.7. The van der Waals surface area contributed by atoms with Crippen molar-refractivity contribution in [3.05, 3.63) is 54.3 Å². The van der Waals surface area contributed by atoms with E-state index in [0.717, 1.165) is 11.3 Å². The maximum absolute atomic E-state index is 14.4. The summed E-state index contributed by atoms with van der Waals surface area (Å²) in [5.41, 5.74) is 1.12. The van der Waals surface area contributed by atoms with Gasteiger partial charge in [0, 0.05) is 5.56 Å². The molecule has 0 bridgehead atoms. The zero-order valence-electron chi connectivity index (χ0n) is 14.4. The summed E-state index contributed by atoms with van der Waals surface area (Å²) in [5.74, 6) is 0.873. The lowest BCUT2D eigenvalue weighted by atomic mass is 10.2. The molecule has 1 unspecified atom stereocenters. The van der Waals surface area contributed by atoms with Crippen molar-refractivity contribution in [2.75, 3.05) is 6.61 Å². The Bertz CT molecular complexity index is 933. The highest BCUT2D eigenvalue weighted by molar-refractivity contribution is 8.00. The first-order valence-corrected chi connectivity index (χ1v) is 9.01. The number of hydrogen-bond acceptors (Lipinski definition) is 5. The van der Waals surface area contributed by atoms with Gasteiger partial charge in [-0.2, -0.15) is 5.26 Å². The third-order valence-corrected chi connectivity index (χ3v) is 4.55. The highest BCUT2D eigenvalue weighted by Crippen LogP contribution is 2.31. The minimum Gasteiger partial charge on any atom is -0.494 e. The Morgan fingerprint density at radius 3 is 2.58 bits per heavy atom. The van der Waals surface area contributed by atoms with Crippen LogP contribution in [-0.4, -0.2) is 26.6 Å². The molecule has 0 aliphatic rings. The fraction of sp³-hybridized carbons (Fsp3) is 0.211. The van der Waals surface area contributed by atoms with Crippen LogP contribution in [0.1, 0.15) is 13.8 Å². The predicted molar refractivity (Wildman–Crippen MR) is 98.9 cm³/mol. The van der Waals surface area contributed by atoms with Crippen LogP contribution in [0.15, 0.2) is 53.7 Å². The monoisotopic (exact) mass is 368 g/mol. The lowest BCUT2D eigenvalue weighted by Gasteiger charge is -2.12. The number of rotatable bonds is 6. The summed E-state index contributed by atoms with van der Waals surface area (Å²) in [6.07, 6.45) is 0. The average molecular weight is 368 g/mol. The number of para-hydroxylation sites is 1. The Hall–Kier alpha value is -2.85. The molecule has 1 heterocycles. The van der Waals surface area contributed by atoms with Crippen LogP contribution in [0.25, 0.3) is 17.1 Å². The van der Waals surface area contributed by atoms with Gasteiger partial charge in [-0.15, -0.1) is 10.2 Å². The van der Waals surface area contributed by atoms with Crippen LogP contribution in [0.3, 0.4) is 0 Å². The van der Waals surface area contributed by atoms with Gasteiger partial charge in [0.05, 0.1) is 23.6 Å². The van der Waals surface area contributed by atoms with E-state index >= 15 is 0 Å². The topological polar surface area (TPSA) is 63.7 Å². The van der Waals surface area contributed by atoms with Crippen molar-refractivity contribution in [1.29, 1.82) is 5.26 Å². The smallest absolute Gasteiger partial charge is 0.197 e. The third-order valence-electron chi connectivity index (χ3n) is 3.61. The number of benzene rings is 2. The molecule has 0 amide bonds. The van der Waals surface area contributed by atoms with Crippen molar-refractivity contribution >= 4 is 11.8 Å². The minimum atomic E-state index is -0.383. The molecule has 0 radical (unpaired) electrons. The number of aromatic nitrogens is 3. The standard InChI is InChI=1S/C19H17FN4OS/c1-3-25-15-10-8-14(9-11-15)18-22-23-19(26-13(2)12-21)24(18)17-7-5-4-6-16(17)20/h4-11,13H,3H2,1-2H3. The number of ether oxygens (including phenoxy) is 1. The van der Waals surface area contributed by atoms with Gasteiger partial charge >= 0.3 is 0 Å². The van der Waals surface area contributed by atoms with E-state index in [4.69, 9.17) is 10.00 Å². The summed E-state index contributed by atoms with van der Waals surface area (Å²) in [4.78, 5) is 0. The largest absolute Gasteiger partial charge is 0.494 e. The predicted octanol–water partition coefficient (Wildman–Crippen LogP) is 4.48. The third kappa shape index (κ3) is 3.70. The normalized spacial score (nSPS) is 11.8. The molecule has 26 heavy (non-hydrogen) atoms. The van der Waals surface area contributed by atoms with E-state index in [1.54, 1.807) is 29.7 Å². The van der Waals surface area contributed by atoms with Gasteiger partial charge in [0.1, 0.15) is 11.6 Å². The molecule has 5 nitrogen and oxygen atoms in total. The van der Waals surface area contributed by atoms with Crippen LogP contribution >= 0.6 is 11.8 Å². The second kappa shape index (κ2) is 8.02. The molecule has 0 spiro atoms. The molecule has 0 aliphatic carbocycles. The summed E-state index contributed by atoms with van der Waals surface area (Å²) < 4.78 is 21.5. The van der Waals surface area contributed by atoms with Crippen LogP contribution in [0.5, 0.6) is 5.75 Å². The van der Waals surface area contributed by atoms with Gasteiger partial charge in [0.15, 0.2) is 11.0 Å². The first kappa shape index (κ1) is 18.0. The van der Waals surface area contributed by atoms with Gasteiger partial charge in [-0.25, -0.2) is 4.39 Å². The quantitative estimate of drug-likeness (QED) is 0.601. The summed E-state index contributed by atoms with van der Waals surface area (Å²) in [6.45, 7) is 4.27. The van der Waals surface area contributed by atoms with Gasteiger partial charge in [0.25, 0.3) is 0 Å². The van der Waals surface area contributed by atoms with E-state index in [-0.39, 0.29) is 11.1 Å². The number of hydrogen-bond donors (Lipinski definition) is 0. The minimum absolute atomic E-state index is 0.335. The molecule has 3 rings (SSSR count). The Morgan fingerprint density at radius 1 is 1.19 bits per heavy atom. The van der Waals surface area contributed by atoms with Crippen LogP contribution in [0.2, 0.25) is 0 Å². The maximum Gasteiger partial charge on any atom is 0.197 e. The fourth-order valence-corrected chi connectivity index (χ4v) is 3.18. The molecule has 2 aromatic carbocycles. The average Bonchev–Trinajstić information content (AvgIpc) is 3.06. The zero-order valence-corrected chi connectivity index (χ0v) is 15.2. The lowest BCUT2D eigenvalue weighted by molar-refractivity contribution is 0.340. The first-order valence-electron chi connectivity index (χ1n) is 8.14. The van der Waals surface area contributed by atoms with Crippen molar-refractivity contribution in [3.8, 4) is 28.9 Å². The second-order valence-electron chi connectivity index (χ2n) is 5.44. The molecule has 3 aromatic rings. The van der Waals surface area contributed by atoms with E-state index in [9.17, 15) is 4.39 Å². The zero-order chi connectivity index (χ0) is 18.5. The molecule has 0 saturated heterocycles. The molecule has 132 valence electrons. The van der Waals surface area contributed by atoms with E-state index in [2.05, 4.69) is 16.3 Å². The number of nitrogens with zero attached hydrogens (tertiary/aromatic N) is 4. The number of thioether (sulfide) groups is 1. The van der Waals surface area contributed by atoms with Crippen LogP contribution in [0, 0.1) is 17.1 Å². The SMILES string of the molecule is CCOc1ccc(-c2nnc(SC(C)C#N)n2-c2ccccc2F)cc1. The second-order valence-corrected chi connectivity index (χ2v) is 6.75. The van der Waals surface area contributed by atoms with Gasteiger partial charge < -0.3 is 4.74 Å². The summed E-state index contributed by atoms with van der Waals surface area (Å²) in [6, 6.07) is 16.0. The Balaban J connectivity index is 2.11. The molecular formula is C19H17FN4OS. The molecular weight excluding hydrogens is 351 g/mol. The van der Waals surface area contributed by atoms with Gasteiger partial charge in [0.2, 0.25) is 0 Å². The van der Waals surface area contributed by atoms with Crippen molar-refractivity contribution in [1.82, 2.24) is 14.8 Å². The maximum atomic E-state index is 14.4. The molecule has 0 fully saturated rings. The molecule has 0 N–H and O–H groups in total. The van der Waals surface area contributed by atoms with Crippen molar-refractivity contribution in [2.24, 2.45) is 0 Å². The number of nitriles is 1. The molecule has 0 saturated carbocycles. The lowest BCUT2D eigenvalue weighted by Crippen LogP contribution is -2.04. The molecule has 7 heteroatoms. The molecule has 1 atom stereocenters.